The van der Waals surface area contributed by atoms with Crippen molar-refractivity contribution in [3.05, 3.63) is 72.7 Å². The molecule has 7 heteroatoms. The van der Waals surface area contributed by atoms with Gasteiger partial charge in [0.05, 0.1) is 5.52 Å². The van der Waals surface area contributed by atoms with Gasteiger partial charge in [-0.3, -0.25) is 4.57 Å². The van der Waals surface area contributed by atoms with Crippen LogP contribution < -0.4 is 16.4 Å². The van der Waals surface area contributed by atoms with E-state index < -0.39 is 0 Å². The zero-order valence-electron chi connectivity index (χ0n) is 16.0. The van der Waals surface area contributed by atoms with Gasteiger partial charge in [-0.25, -0.2) is 4.98 Å². The number of H-pyrrole nitrogens is 1. The minimum Gasteiger partial charge on any atom is -0.398 e. The fraction of sp³-hybridized carbons (Fsp3) is 0.0909. The van der Waals surface area contributed by atoms with Crippen LogP contribution in [0.25, 0.3) is 27.8 Å². The number of hydrogen-bond acceptors (Lipinski definition) is 5. The van der Waals surface area contributed by atoms with Crippen LogP contribution in [0.2, 0.25) is 0 Å². The van der Waals surface area contributed by atoms with Gasteiger partial charge in [0.1, 0.15) is 5.82 Å². The summed E-state index contributed by atoms with van der Waals surface area (Å²) >= 11 is 0. The molecule has 3 aromatic heterocycles. The van der Waals surface area contributed by atoms with Gasteiger partial charge in [-0.15, -0.1) is 0 Å². The summed E-state index contributed by atoms with van der Waals surface area (Å²) in [5, 5.41) is 8.71. The smallest absolute Gasteiger partial charge is 0.236 e. The molecular weight excluding hydrogens is 362 g/mol. The molecule has 0 aliphatic rings. The van der Waals surface area contributed by atoms with E-state index in [2.05, 4.69) is 44.9 Å². The minimum absolute atomic E-state index is 0.596. The molecule has 2 aromatic carbocycles. The van der Waals surface area contributed by atoms with E-state index in [0.29, 0.717) is 12.5 Å². The Labute approximate surface area is 167 Å². The van der Waals surface area contributed by atoms with E-state index >= 15 is 0 Å². The van der Waals surface area contributed by atoms with Gasteiger partial charge in [0.15, 0.2) is 0 Å². The molecule has 5 N–H and O–H groups in total. The highest BCUT2D eigenvalue weighted by Crippen LogP contribution is 2.28. The highest BCUT2D eigenvalue weighted by molar-refractivity contribution is 5.95. The topological polar surface area (TPSA) is 96.6 Å². The number of nitrogens with one attached hydrogen (secondary N) is 3. The van der Waals surface area contributed by atoms with Crippen molar-refractivity contribution in [2.75, 3.05) is 23.4 Å². The first-order valence-corrected chi connectivity index (χ1v) is 9.43. The normalized spacial score (nSPS) is 11.2. The van der Waals surface area contributed by atoms with E-state index in [1.807, 2.05) is 48.3 Å². The average Bonchev–Trinajstić information content (AvgIpc) is 3.39. The number of aromatic nitrogens is 4. The first-order chi connectivity index (χ1) is 14.2. The quantitative estimate of drug-likeness (QED) is 0.342. The number of benzene rings is 2. The van der Waals surface area contributed by atoms with Crippen molar-refractivity contribution in [1.29, 1.82) is 0 Å². The van der Waals surface area contributed by atoms with Crippen molar-refractivity contribution in [2.24, 2.45) is 0 Å². The van der Waals surface area contributed by atoms with Crippen molar-refractivity contribution in [3.8, 4) is 5.95 Å². The second-order valence-electron chi connectivity index (χ2n) is 6.93. The Bertz CT molecular complexity index is 1320. The maximum atomic E-state index is 6.19. The number of hydrogen-bond donors (Lipinski definition) is 4. The summed E-state index contributed by atoms with van der Waals surface area (Å²) in [5.41, 5.74) is 11.1. The van der Waals surface area contributed by atoms with E-state index in [9.17, 15) is 0 Å². The zero-order chi connectivity index (χ0) is 19.8. The van der Waals surface area contributed by atoms with E-state index in [1.165, 1.54) is 10.9 Å². The third kappa shape index (κ3) is 3.12. The number of nitrogens with two attached hydrogens (primary N) is 1. The summed E-state index contributed by atoms with van der Waals surface area (Å²) in [4.78, 5) is 12.4. The molecule has 29 heavy (non-hydrogen) atoms. The number of fused-ring (bicyclic) bond motifs is 2. The molecular formula is C22H21N7. The number of nitrogen functional groups attached to an aromatic ring is 1. The van der Waals surface area contributed by atoms with Crippen molar-refractivity contribution in [1.82, 2.24) is 19.5 Å². The molecule has 0 fully saturated rings. The highest BCUT2D eigenvalue weighted by atomic mass is 15.2. The molecule has 5 aromatic rings. The van der Waals surface area contributed by atoms with Gasteiger partial charge in [-0.2, -0.15) is 4.98 Å². The summed E-state index contributed by atoms with van der Waals surface area (Å²) in [6, 6.07) is 16.3. The van der Waals surface area contributed by atoms with Gasteiger partial charge in [0.2, 0.25) is 5.95 Å². The van der Waals surface area contributed by atoms with Gasteiger partial charge >= 0.3 is 0 Å². The van der Waals surface area contributed by atoms with Gasteiger partial charge < -0.3 is 21.4 Å². The van der Waals surface area contributed by atoms with Crippen LogP contribution in [0.4, 0.5) is 17.2 Å². The number of nitrogens with zero attached hydrogens (tertiary/aromatic N) is 3. The third-order valence-corrected chi connectivity index (χ3v) is 5.08. The molecule has 0 amide bonds. The second-order valence-corrected chi connectivity index (χ2v) is 6.93. The predicted octanol–water partition coefficient (Wildman–Crippen LogP) is 4.14. The zero-order valence-corrected chi connectivity index (χ0v) is 16.0. The van der Waals surface area contributed by atoms with Crippen molar-refractivity contribution >= 4 is 39.0 Å². The van der Waals surface area contributed by atoms with Crippen LogP contribution in [-0.4, -0.2) is 26.6 Å². The molecule has 7 nitrogen and oxygen atoms in total. The lowest BCUT2D eigenvalue weighted by Gasteiger charge is -2.10. The van der Waals surface area contributed by atoms with Crippen LogP contribution in [0.5, 0.6) is 0 Å². The van der Waals surface area contributed by atoms with E-state index in [0.717, 1.165) is 33.6 Å². The molecule has 3 heterocycles. The first kappa shape index (κ1) is 17.1. The van der Waals surface area contributed by atoms with Crippen LogP contribution in [0, 0.1) is 0 Å². The van der Waals surface area contributed by atoms with Gasteiger partial charge in [0, 0.05) is 54.5 Å². The fourth-order valence-electron chi connectivity index (χ4n) is 3.56. The maximum Gasteiger partial charge on any atom is 0.236 e. The molecule has 0 saturated carbocycles. The fourth-order valence-corrected chi connectivity index (χ4v) is 3.56. The molecule has 0 saturated heterocycles. The van der Waals surface area contributed by atoms with Gasteiger partial charge in [-0.1, -0.05) is 6.07 Å². The van der Waals surface area contributed by atoms with Crippen LogP contribution in [0.15, 0.2) is 67.1 Å². The largest absolute Gasteiger partial charge is 0.398 e. The molecule has 144 valence electrons. The lowest BCUT2D eigenvalue weighted by Crippen LogP contribution is -2.06. The Morgan fingerprint density at radius 3 is 2.93 bits per heavy atom. The van der Waals surface area contributed by atoms with Crippen LogP contribution in [-0.2, 0) is 6.54 Å². The Kier molecular flexibility index (Phi) is 4.05. The Hall–Kier alpha value is -4.00. The molecule has 0 unspecified atom stereocenters. The SMILES string of the molecule is CNc1cc(N)c2ccn(-c3nccc(NCc4ccc5[nH]ccc5c4)n3)c2c1. The van der Waals surface area contributed by atoms with E-state index in [4.69, 9.17) is 10.7 Å². The molecule has 5 rings (SSSR count). The van der Waals surface area contributed by atoms with Crippen molar-refractivity contribution < 1.29 is 0 Å². The molecule has 0 radical (unpaired) electrons. The minimum atomic E-state index is 0.596. The van der Waals surface area contributed by atoms with Crippen LogP contribution >= 0.6 is 0 Å². The molecule has 0 aliphatic heterocycles. The molecule has 0 aliphatic carbocycles. The summed E-state index contributed by atoms with van der Waals surface area (Å²) in [5.74, 6) is 1.36. The summed E-state index contributed by atoms with van der Waals surface area (Å²) in [7, 11) is 1.87. The Morgan fingerprint density at radius 1 is 1.10 bits per heavy atom. The predicted molar refractivity (Wildman–Crippen MR) is 118 cm³/mol. The Balaban J connectivity index is 1.43. The summed E-state index contributed by atoms with van der Waals surface area (Å²) in [6.45, 7) is 0.681. The van der Waals surface area contributed by atoms with Crippen LogP contribution in [0.1, 0.15) is 5.56 Å². The van der Waals surface area contributed by atoms with Gasteiger partial charge in [-0.05, 0) is 53.4 Å². The van der Waals surface area contributed by atoms with Crippen molar-refractivity contribution in [2.45, 2.75) is 6.54 Å². The average molecular weight is 383 g/mol. The molecule has 0 spiro atoms. The second kappa shape index (κ2) is 6.87. The monoisotopic (exact) mass is 383 g/mol. The lowest BCUT2D eigenvalue weighted by atomic mass is 10.1. The number of rotatable bonds is 5. The number of aromatic amines is 1. The maximum absolute atomic E-state index is 6.19. The van der Waals surface area contributed by atoms with Gasteiger partial charge in [0.25, 0.3) is 0 Å². The van der Waals surface area contributed by atoms with Crippen LogP contribution in [0.3, 0.4) is 0 Å². The van der Waals surface area contributed by atoms with E-state index in [1.54, 1.807) is 6.20 Å². The third-order valence-electron chi connectivity index (χ3n) is 5.08. The Morgan fingerprint density at radius 2 is 2.03 bits per heavy atom. The number of anilines is 3. The lowest BCUT2D eigenvalue weighted by molar-refractivity contribution is 0.954. The summed E-state index contributed by atoms with van der Waals surface area (Å²) < 4.78 is 1.95. The first-order valence-electron chi connectivity index (χ1n) is 9.43. The molecule has 0 atom stereocenters. The molecule has 0 bridgehead atoms. The summed E-state index contributed by atoms with van der Waals surface area (Å²) in [6.07, 6.45) is 5.66. The van der Waals surface area contributed by atoms with Crippen molar-refractivity contribution in [3.63, 3.8) is 0 Å². The highest BCUT2D eigenvalue weighted by Gasteiger charge is 2.10. The standard InChI is InChI=1S/C22H21N7/c1-24-16-11-18(23)17-6-9-29(20(17)12-16)22-26-8-5-21(28-22)27-13-14-2-3-19-15(10-14)4-7-25-19/h2-12,24-25H,13,23H2,1H3,(H,26,27,28). The van der Waals surface area contributed by atoms with E-state index in [-0.39, 0.29) is 0 Å².